The summed E-state index contributed by atoms with van der Waals surface area (Å²) in [6.07, 6.45) is -3.00. The molecular weight excluding hydrogens is 462 g/mol. The van der Waals surface area contributed by atoms with Gasteiger partial charge in [-0.3, -0.25) is 14.7 Å². The van der Waals surface area contributed by atoms with E-state index < -0.39 is 12.2 Å². The number of carbonyl (C=O) groups is 1. The van der Waals surface area contributed by atoms with Crippen LogP contribution in [0.2, 0.25) is 0 Å². The minimum absolute atomic E-state index is 0. The van der Waals surface area contributed by atoms with E-state index in [0.717, 1.165) is 6.42 Å². The number of amides is 1. The Labute approximate surface area is 171 Å². The van der Waals surface area contributed by atoms with E-state index >= 15 is 0 Å². The summed E-state index contributed by atoms with van der Waals surface area (Å²) < 4.78 is 38.4. The molecule has 1 saturated heterocycles. The van der Waals surface area contributed by atoms with Crippen LogP contribution in [0.3, 0.4) is 0 Å². The number of halogens is 4. The standard InChI is InChI=1S/C16H30F3N5O.HI/c1-5-12(2)22-14(25)6-7-21-15(20-4)24-10-8-23(9-11-24)13(3)16(17,18)19;/h12-13H,5-11H2,1-4H3,(H,20,21)(H,22,25);1H. The molecular formula is C16H31F3IN5O. The maximum Gasteiger partial charge on any atom is 0.403 e. The zero-order valence-corrected chi connectivity index (χ0v) is 18.2. The lowest BCUT2D eigenvalue weighted by molar-refractivity contribution is -0.181. The van der Waals surface area contributed by atoms with Crippen LogP contribution in [-0.4, -0.2) is 79.7 Å². The second-order valence-electron chi connectivity index (χ2n) is 6.34. The number of hydrogen-bond donors (Lipinski definition) is 2. The third-order valence-corrected chi connectivity index (χ3v) is 4.50. The molecule has 0 aromatic rings. The summed E-state index contributed by atoms with van der Waals surface area (Å²) in [4.78, 5) is 19.3. The highest BCUT2D eigenvalue weighted by molar-refractivity contribution is 14.0. The molecule has 1 heterocycles. The van der Waals surface area contributed by atoms with Crippen LogP contribution in [0.4, 0.5) is 13.2 Å². The maximum absolute atomic E-state index is 12.8. The number of guanidine groups is 1. The van der Waals surface area contributed by atoms with E-state index in [9.17, 15) is 18.0 Å². The molecule has 1 amide bonds. The van der Waals surface area contributed by atoms with Gasteiger partial charge in [0.25, 0.3) is 0 Å². The number of alkyl halides is 3. The van der Waals surface area contributed by atoms with Gasteiger partial charge in [0.2, 0.25) is 5.91 Å². The summed E-state index contributed by atoms with van der Waals surface area (Å²) in [6.45, 7) is 7.19. The van der Waals surface area contributed by atoms with Crippen LogP contribution in [0, 0.1) is 0 Å². The van der Waals surface area contributed by atoms with Gasteiger partial charge < -0.3 is 15.5 Å². The van der Waals surface area contributed by atoms with Crippen LogP contribution in [0.5, 0.6) is 0 Å². The molecule has 0 aliphatic carbocycles. The third-order valence-electron chi connectivity index (χ3n) is 4.50. The lowest BCUT2D eigenvalue weighted by Gasteiger charge is -2.39. The number of rotatable bonds is 6. The van der Waals surface area contributed by atoms with Crippen LogP contribution in [0.15, 0.2) is 4.99 Å². The summed E-state index contributed by atoms with van der Waals surface area (Å²) in [5.74, 6) is 0.594. The molecule has 1 aliphatic heterocycles. The van der Waals surface area contributed by atoms with E-state index in [2.05, 4.69) is 15.6 Å². The smallest absolute Gasteiger partial charge is 0.356 e. The molecule has 154 valence electrons. The second-order valence-corrected chi connectivity index (χ2v) is 6.34. The number of piperazine rings is 1. The topological polar surface area (TPSA) is 60.0 Å². The molecule has 0 saturated carbocycles. The van der Waals surface area contributed by atoms with Crippen molar-refractivity contribution in [1.82, 2.24) is 20.4 Å². The lowest BCUT2D eigenvalue weighted by Crippen LogP contribution is -2.56. The van der Waals surface area contributed by atoms with E-state index in [1.165, 1.54) is 11.8 Å². The summed E-state index contributed by atoms with van der Waals surface area (Å²) in [5.41, 5.74) is 0. The van der Waals surface area contributed by atoms with Crippen molar-refractivity contribution in [1.29, 1.82) is 0 Å². The highest BCUT2D eigenvalue weighted by atomic mass is 127. The highest BCUT2D eigenvalue weighted by Gasteiger charge is 2.41. The summed E-state index contributed by atoms with van der Waals surface area (Å²) in [7, 11) is 1.63. The summed E-state index contributed by atoms with van der Waals surface area (Å²) in [6, 6.07) is -1.29. The van der Waals surface area contributed by atoms with Gasteiger partial charge in [-0.15, -0.1) is 24.0 Å². The molecule has 6 nitrogen and oxygen atoms in total. The molecule has 1 aliphatic rings. The first-order valence-electron chi connectivity index (χ1n) is 8.74. The molecule has 1 fully saturated rings. The molecule has 26 heavy (non-hydrogen) atoms. The van der Waals surface area contributed by atoms with E-state index in [-0.39, 0.29) is 35.9 Å². The molecule has 0 spiro atoms. The van der Waals surface area contributed by atoms with Crippen molar-refractivity contribution in [3.63, 3.8) is 0 Å². The number of carbonyl (C=O) groups excluding carboxylic acids is 1. The monoisotopic (exact) mass is 493 g/mol. The van der Waals surface area contributed by atoms with E-state index in [4.69, 9.17) is 0 Å². The van der Waals surface area contributed by atoms with Crippen molar-refractivity contribution in [2.75, 3.05) is 39.8 Å². The van der Waals surface area contributed by atoms with Crippen molar-refractivity contribution in [3.05, 3.63) is 0 Å². The van der Waals surface area contributed by atoms with Crippen molar-refractivity contribution in [2.45, 2.75) is 51.9 Å². The number of nitrogens with zero attached hydrogens (tertiary/aromatic N) is 3. The fraction of sp³-hybridized carbons (Fsp3) is 0.875. The minimum atomic E-state index is -4.20. The second kappa shape index (κ2) is 11.8. The Morgan fingerprint density at radius 2 is 1.77 bits per heavy atom. The zero-order valence-electron chi connectivity index (χ0n) is 15.9. The van der Waals surface area contributed by atoms with Gasteiger partial charge in [0, 0.05) is 52.2 Å². The molecule has 2 unspecified atom stereocenters. The van der Waals surface area contributed by atoms with Gasteiger partial charge in [-0.25, -0.2) is 0 Å². The van der Waals surface area contributed by atoms with Crippen LogP contribution in [0.1, 0.15) is 33.6 Å². The van der Waals surface area contributed by atoms with Gasteiger partial charge in [0.05, 0.1) is 0 Å². The molecule has 10 heteroatoms. The minimum Gasteiger partial charge on any atom is -0.356 e. The number of aliphatic imine (C=N–C) groups is 1. The van der Waals surface area contributed by atoms with Gasteiger partial charge in [-0.05, 0) is 20.3 Å². The van der Waals surface area contributed by atoms with Gasteiger partial charge in [-0.2, -0.15) is 13.2 Å². The molecule has 0 aromatic carbocycles. The van der Waals surface area contributed by atoms with Crippen molar-refractivity contribution in [2.24, 2.45) is 4.99 Å². The Hall–Kier alpha value is -0.780. The van der Waals surface area contributed by atoms with Crippen molar-refractivity contribution < 1.29 is 18.0 Å². The predicted octanol–water partition coefficient (Wildman–Crippen LogP) is 2.05. The number of nitrogens with one attached hydrogen (secondary N) is 2. The summed E-state index contributed by atoms with van der Waals surface area (Å²) >= 11 is 0. The number of hydrogen-bond acceptors (Lipinski definition) is 3. The largest absolute Gasteiger partial charge is 0.403 e. The van der Waals surface area contributed by atoms with Crippen molar-refractivity contribution >= 4 is 35.8 Å². The average molecular weight is 493 g/mol. The predicted molar refractivity (Wildman–Crippen MR) is 108 cm³/mol. The van der Waals surface area contributed by atoms with Crippen LogP contribution >= 0.6 is 24.0 Å². The first kappa shape index (κ1) is 25.2. The molecule has 0 aromatic heterocycles. The van der Waals surface area contributed by atoms with Crippen LogP contribution in [-0.2, 0) is 4.79 Å². The van der Waals surface area contributed by atoms with Gasteiger partial charge in [0.15, 0.2) is 5.96 Å². The Balaban J connectivity index is 0.00000625. The lowest BCUT2D eigenvalue weighted by atomic mass is 10.2. The van der Waals surface area contributed by atoms with E-state index in [1.807, 2.05) is 18.7 Å². The normalized spacial score (nSPS) is 18.7. The van der Waals surface area contributed by atoms with Crippen LogP contribution < -0.4 is 10.6 Å². The van der Waals surface area contributed by atoms with E-state index in [1.54, 1.807) is 7.05 Å². The summed E-state index contributed by atoms with van der Waals surface area (Å²) in [5, 5.41) is 6.00. The Kier molecular flexibility index (Phi) is 11.5. The first-order valence-corrected chi connectivity index (χ1v) is 8.74. The molecule has 2 N–H and O–H groups in total. The van der Waals surface area contributed by atoms with Gasteiger partial charge in [0.1, 0.15) is 6.04 Å². The van der Waals surface area contributed by atoms with Crippen molar-refractivity contribution in [3.8, 4) is 0 Å². The molecule has 2 atom stereocenters. The molecule has 0 radical (unpaired) electrons. The Morgan fingerprint density at radius 3 is 2.23 bits per heavy atom. The van der Waals surface area contributed by atoms with Gasteiger partial charge >= 0.3 is 6.18 Å². The molecule has 0 bridgehead atoms. The van der Waals surface area contributed by atoms with Crippen LogP contribution in [0.25, 0.3) is 0 Å². The Bertz CT molecular complexity index is 454. The third kappa shape index (κ3) is 8.28. The zero-order chi connectivity index (χ0) is 19.0. The highest BCUT2D eigenvalue weighted by Crippen LogP contribution is 2.25. The fourth-order valence-corrected chi connectivity index (χ4v) is 2.60. The van der Waals surface area contributed by atoms with E-state index in [0.29, 0.717) is 45.1 Å². The van der Waals surface area contributed by atoms with Gasteiger partial charge in [-0.1, -0.05) is 6.92 Å². The SMILES string of the molecule is CCC(C)NC(=O)CCNC(=NC)N1CCN(C(C)C(F)(F)F)CC1.I. The maximum atomic E-state index is 12.8. The average Bonchev–Trinajstić information content (AvgIpc) is 2.57. The first-order chi connectivity index (χ1) is 11.7. The molecule has 1 rings (SSSR count). The fourth-order valence-electron chi connectivity index (χ4n) is 2.60. The Morgan fingerprint density at radius 1 is 1.19 bits per heavy atom. The quantitative estimate of drug-likeness (QED) is 0.338.